The lowest BCUT2D eigenvalue weighted by Gasteiger charge is -2.35. The quantitative estimate of drug-likeness (QED) is 0.324. The predicted octanol–water partition coefficient (Wildman–Crippen LogP) is 5.15. The van der Waals surface area contributed by atoms with E-state index in [9.17, 15) is 9.59 Å². The van der Waals surface area contributed by atoms with Crippen molar-refractivity contribution in [2.24, 2.45) is 0 Å². The maximum Gasteiger partial charge on any atom is 0.307 e. The summed E-state index contributed by atoms with van der Waals surface area (Å²) in [6.45, 7) is 0. The molecule has 0 aliphatic rings. The van der Waals surface area contributed by atoms with Gasteiger partial charge in [0.15, 0.2) is 5.60 Å². The molecule has 3 aromatic carbocycles. The molecule has 3 rings (SSSR count). The largest absolute Gasteiger partial charge is 0.444 e. The number of rotatable bonds is 7. The zero-order chi connectivity index (χ0) is 19.1. The highest BCUT2D eigenvalue weighted by atomic mass is 35.5. The van der Waals surface area contributed by atoms with Crippen LogP contribution in [0.4, 0.5) is 0 Å². The standard InChI is InChI=1S/C23H19ClO3/c24-21-15-8-7-14-20(21)23(18-10-3-1-4-11-18,19-12-5-2-6-13-19)27-22(26)16-9-17-25/h1-8,10-15,17H,9,16H2. The average molecular weight is 379 g/mol. The summed E-state index contributed by atoms with van der Waals surface area (Å²) >= 11 is 6.55. The van der Waals surface area contributed by atoms with Crippen molar-refractivity contribution in [2.45, 2.75) is 18.4 Å². The summed E-state index contributed by atoms with van der Waals surface area (Å²) in [5.41, 5.74) is 1.02. The van der Waals surface area contributed by atoms with Crippen LogP contribution < -0.4 is 0 Å². The molecule has 3 nitrogen and oxygen atoms in total. The molecule has 0 aromatic heterocycles. The first-order chi connectivity index (χ1) is 13.2. The summed E-state index contributed by atoms with van der Waals surface area (Å²) in [6.07, 6.45) is 0.833. The number of ether oxygens (including phenoxy) is 1. The van der Waals surface area contributed by atoms with E-state index in [1.54, 1.807) is 6.07 Å². The van der Waals surface area contributed by atoms with E-state index < -0.39 is 11.6 Å². The Kier molecular flexibility index (Phi) is 6.05. The lowest BCUT2D eigenvalue weighted by molar-refractivity contribution is -0.154. The number of hydrogen-bond donors (Lipinski definition) is 0. The Hall–Kier alpha value is -2.91. The van der Waals surface area contributed by atoms with Crippen molar-refractivity contribution in [3.63, 3.8) is 0 Å². The van der Waals surface area contributed by atoms with Crippen molar-refractivity contribution < 1.29 is 14.3 Å². The first-order valence-corrected chi connectivity index (χ1v) is 9.08. The monoisotopic (exact) mass is 378 g/mol. The number of carbonyl (C=O) groups is 2. The number of carbonyl (C=O) groups excluding carboxylic acids is 2. The van der Waals surface area contributed by atoms with Crippen molar-refractivity contribution in [3.8, 4) is 0 Å². The molecule has 3 aromatic rings. The van der Waals surface area contributed by atoms with Crippen LogP contribution in [0.3, 0.4) is 0 Å². The average Bonchev–Trinajstić information content (AvgIpc) is 2.72. The van der Waals surface area contributed by atoms with Crippen molar-refractivity contribution in [1.82, 2.24) is 0 Å². The molecule has 27 heavy (non-hydrogen) atoms. The van der Waals surface area contributed by atoms with Crippen LogP contribution in [0.2, 0.25) is 5.02 Å². The van der Waals surface area contributed by atoms with Gasteiger partial charge in [-0.25, -0.2) is 0 Å². The molecule has 0 fully saturated rings. The summed E-state index contributed by atoms with van der Waals surface area (Å²) in [4.78, 5) is 23.3. The minimum atomic E-state index is -1.21. The lowest BCUT2D eigenvalue weighted by atomic mass is 9.80. The molecule has 0 N–H and O–H groups in total. The maximum atomic E-state index is 12.6. The molecular formula is C23H19ClO3. The van der Waals surface area contributed by atoms with Crippen molar-refractivity contribution in [3.05, 3.63) is 107 Å². The van der Waals surface area contributed by atoms with Crippen LogP contribution in [-0.4, -0.2) is 12.3 Å². The molecule has 0 amide bonds. The van der Waals surface area contributed by atoms with E-state index in [1.165, 1.54) is 0 Å². The second-order valence-corrected chi connectivity index (χ2v) is 6.48. The van der Waals surface area contributed by atoms with E-state index in [2.05, 4.69) is 0 Å². The summed E-state index contributed by atoms with van der Waals surface area (Å²) < 4.78 is 6.10. The summed E-state index contributed by atoms with van der Waals surface area (Å²) in [7, 11) is 0. The highest BCUT2D eigenvalue weighted by Gasteiger charge is 2.41. The van der Waals surface area contributed by atoms with Gasteiger partial charge in [-0.05, 0) is 6.07 Å². The number of hydrogen-bond acceptors (Lipinski definition) is 3. The highest BCUT2D eigenvalue weighted by molar-refractivity contribution is 6.31. The molecule has 0 aliphatic carbocycles. The second kappa shape index (κ2) is 8.65. The minimum Gasteiger partial charge on any atom is -0.444 e. The van der Waals surface area contributed by atoms with Gasteiger partial charge in [0, 0.05) is 28.1 Å². The summed E-state index contributed by atoms with van der Waals surface area (Å²) in [6, 6.07) is 26.3. The molecule has 0 atom stereocenters. The van der Waals surface area contributed by atoms with E-state index in [-0.39, 0.29) is 12.8 Å². The fourth-order valence-corrected chi connectivity index (χ4v) is 3.41. The normalized spacial score (nSPS) is 11.0. The number of esters is 1. The van der Waals surface area contributed by atoms with E-state index in [4.69, 9.17) is 16.3 Å². The van der Waals surface area contributed by atoms with E-state index in [1.807, 2.05) is 78.9 Å². The van der Waals surface area contributed by atoms with Crippen LogP contribution in [0.25, 0.3) is 0 Å². The van der Waals surface area contributed by atoms with Gasteiger partial charge in [0.2, 0.25) is 0 Å². The molecule has 0 spiro atoms. The predicted molar refractivity (Wildman–Crippen MR) is 106 cm³/mol. The van der Waals surface area contributed by atoms with E-state index >= 15 is 0 Å². The number of halogens is 1. The second-order valence-electron chi connectivity index (χ2n) is 6.07. The van der Waals surface area contributed by atoms with Gasteiger partial charge in [-0.1, -0.05) is 90.5 Å². The van der Waals surface area contributed by atoms with E-state index in [0.717, 1.165) is 11.1 Å². The molecule has 0 saturated heterocycles. The molecule has 0 radical (unpaired) electrons. The summed E-state index contributed by atoms with van der Waals surface area (Å²) in [5.74, 6) is -0.463. The van der Waals surface area contributed by atoms with Crippen LogP contribution in [0.15, 0.2) is 84.9 Å². The van der Waals surface area contributed by atoms with Crippen molar-refractivity contribution in [2.75, 3.05) is 0 Å². The molecule has 0 bridgehead atoms. The molecule has 0 aliphatic heterocycles. The Balaban J connectivity index is 2.27. The third-order valence-electron chi connectivity index (χ3n) is 4.35. The SMILES string of the molecule is O=CCCC(=O)OC(c1ccccc1)(c1ccccc1)c1ccccc1Cl. The lowest BCUT2D eigenvalue weighted by Crippen LogP contribution is -2.35. The van der Waals surface area contributed by atoms with Crippen LogP contribution >= 0.6 is 11.6 Å². The highest BCUT2D eigenvalue weighted by Crippen LogP contribution is 2.43. The minimum absolute atomic E-state index is 0.00930. The van der Waals surface area contributed by atoms with Crippen LogP contribution in [-0.2, 0) is 19.9 Å². The zero-order valence-electron chi connectivity index (χ0n) is 14.7. The Morgan fingerprint density at radius 1 is 0.852 bits per heavy atom. The molecule has 0 saturated carbocycles. The third-order valence-corrected chi connectivity index (χ3v) is 4.68. The van der Waals surface area contributed by atoms with E-state index in [0.29, 0.717) is 16.9 Å². The molecule has 136 valence electrons. The maximum absolute atomic E-state index is 12.6. The van der Waals surface area contributed by atoms with Crippen LogP contribution in [0.1, 0.15) is 29.5 Å². The zero-order valence-corrected chi connectivity index (χ0v) is 15.4. The molecule has 4 heteroatoms. The van der Waals surface area contributed by atoms with Gasteiger partial charge in [-0.2, -0.15) is 0 Å². The molecule has 0 unspecified atom stereocenters. The summed E-state index contributed by atoms with van der Waals surface area (Å²) in [5, 5.41) is 0.494. The number of benzene rings is 3. The van der Waals surface area contributed by atoms with Gasteiger partial charge in [0.25, 0.3) is 0 Å². The number of aldehydes is 1. The Bertz CT molecular complexity index is 868. The van der Waals surface area contributed by atoms with Crippen LogP contribution in [0, 0.1) is 0 Å². The first kappa shape index (κ1) is 18.9. The smallest absolute Gasteiger partial charge is 0.307 e. The third kappa shape index (κ3) is 3.93. The first-order valence-electron chi connectivity index (χ1n) is 8.70. The topological polar surface area (TPSA) is 43.4 Å². The Morgan fingerprint density at radius 3 is 1.89 bits per heavy atom. The van der Waals surface area contributed by atoms with Gasteiger partial charge in [-0.3, -0.25) is 4.79 Å². The fraction of sp³-hybridized carbons (Fsp3) is 0.130. The molecular weight excluding hydrogens is 360 g/mol. The van der Waals surface area contributed by atoms with Gasteiger partial charge >= 0.3 is 5.97 Å². The van der Waals surface area contributed by atoms with Gasteiger partial charge < -0.3 is 9.53 Å². The van der Waals surface area contributed by atoms with Gasteiger partial charge in [-0.15, -0.1) is 0 Å². The van der Waals surface area contributed by atoms with Crippen molar-refractivity contribution >= 4 is 23.9 Å². The van der Waals surface area contributed by atoms with Crippen LogP contribution in [0.5, 0.6) is 0 Å². The Morgan fingerprint density at radius 2 is 1.37 bits per heavy atom. The van der Waals surface area contributed by atoms with Crippen molar-refractivity contribution in [1.29, 1.82) is 0 Å². The Labute approximate surface area is 163 Å². The fourth-order valence-electron chi connectivity index (χ4n) is 3.14. The van der Waals surface area contributed by atoms with Gasteiger partial charge in [0.1, 0.15) is 6.29 Å². The molecule has 0 heterocycles. The van der Waals surface area contributed by atoms with Gasteiger partial charge in [0.05, 0.1) is 6.42 Å².